The Morgan fingerprint density at radius 1 is 1.67 bits per heavy atom. The lowest BCUT2D eigenvalue weighted by Crippen LogP contribution is -2.52. The van der Waals surface area contributed by atoms with Crippen LogP contribution in [0.25, 0.3) is 0 Å². The summed E-state index contributed by atoms with van der Waals surface area (Å²) >= 11 is 4.46. The molecule has 0 amide bonds. The van der Waals surface area contributed by atoms with Gasteiger partial charge in [-0.3, -0.25) is 4.79 Å². The van der Waals surface area contributed by atoms with E-state index in [-0.39, 0.29) is 4.75 Å². The van der Waals surface area contributed by atoms with Gasteiger partial charge in [-0.05, 0) is 31.6 Å². The zero-order valence-corrected chi connectivity index (χ0v) is 7.68. The van der Waals surface area contributed by atoms with Crippen molar-refractivity contribution in [3.8, 4) is 0 Å². The average molecular weight is 187 g/mol. The van der Waals surface area contributed by atoms with Crippen LogP contribution < -0.4 is 5.73 Å². The van der Waals surface area contributed by atoms with Gasteiger partial charge in [0.1, 0.15) is 5.54 Å². The van der Waals surface area contributed by atoms with E-state index in [1.54, 1.807) is 0 Å². The number of nitrogens with two attached hydrogens (primary N) is 1. The fourth-order valence-corrected chi connectivity index (χ4v) is 2.84. The van der Waals surface area contributed by atoms with E-state index in [4.69, 9.17) is 10.8 Å². The van der Waals surface area contributed by atoms with E-state index in [9.17, 15) is 4.79 Å². The Labute approximate surface area is 76.7 Å². The number of hydrogen-bond acceptors (Lipinski definition) is 3. The van der Waals surface area contributed by atoms with E-state index in [0.29, 0.717) is 18.8 Å². The van der Waals surface area contributed by atoms with E-state index in [2.05, 4.69) is 12.6 Å². The first-order valence-electron chi connectivity index (χ1n) is 4.21. The average Bonchev–Trinajstić information content (AvgIpc) is 2.58. The standard InChI is InChI=1S/C8H13NO2S/c9-7(6(10)11)2-1-5-3-8(5,12)4-7/h5,12H,1-4,9H2,(H,10,11). The number of aliphatic carboxylic acids is 1. The molecule has 0 aromatic carbocycles. The molecule has 2 saturated carbocycles. The predicted octanol–water partition coefficient (Wildman–Crippen LogP) is 0.641. The zero-order chi connectivity index (χ0) is 8.98. The highest BCUT2D eigenvalue weighted by molar-refractivity contribution is 7.82. The van der Waals surface area contributed by atoms with Crippen LogP contribution in [0.5, 0.6) is 0 Å². The third-order valence-electron chi connectivity index (χ3n) is 3.19. The Balaban J connectivity index is 2.15. The smallest absolute Gasteiger partial charge is 0.323 e. The molecule has 0 spiro atoms. The summed E-state index contributed by atoms with van der Waals surface area (Å²) in [6.07, 6.45) is 3.10. The normalized spacial score (nSPS) is 51.3. The van der Waals surface area contributed by atoms with Crippen LogP contribution in [0.15, 0.2) is 0 Å². The molecule has 2 rings (SSSR count). The van der Waals surface area contributed by atoms with Crippen molar-refractivity contribution in [3.63, 3.8) is 0 Å². The van der Waals surface area contributed by atoms with Crippen LogP contribution in [0.4, 0.5) is 0 Å². The molecule has 0 aromatic heterocycles. The highest BCUT2D eigenvalue weighted by Crippen LogP contribution is 2.59. The Hall–Kier alpha value is -0.220. The highest BCUT2D eigenvalue weighted by atomic mass is 32.1. The van der Waals surface area contributed by atoms with Crippen molar-refractivity contribution < 1.29 is 9.90 Å². The monoisotopic (exact) mass is 187 g/mol. The maximum Gasteiger partial charge on any atom is 0.323 e. The number of rotatable bonds is 1. The molecule has 3 unspecified atom stereocenters. The van der Waals surface area contributed by atoms with E-state index in [1.807, 2.05) is 0 Å². The van der Waals surface area contributed by atoms with E-state index < -0.39 is 11.5 Å². The maximum absolute atomic E-state index is 10.8. The summed E-state index contributed by atoms with van der Waals surface area (Å²) in [6, 6.07) is 0. The number of thiol groups is 1. The minimum Gasteiger partial charge on any atom is -0.480 e. The van der Waals surface area contributed by atoms with Crippen LogP contribution in [0.2, 0.25) is 0 Å². The molecule has 0 heterocycles. The first kappa shape index (κ1) is 8.38. The molecule has 3 N–H and O–H groups in total. The SMILES string of the molecule is NC1(C(=O)O)CCC2CC2(S)C1. The van der Waals surface area contributed by atoms with Gasteiger partial charge in [0.2, 0.25) is 0 Å². The second-order valence-corrected chi connectivity index (χ2v) is 5.07. The number of carboxylic acid groups (broad SMARTS) is 1. The summed E-state index contributed by atoms with van der Waals surface area (Å²) in [5.74, 6) is -0.252. The van der Waals surface area contributed by atoms with E-state index in [0.717, 1.165) is 12.8 Å². The Morgan fingerprint density at radius 3 is 2.83 bits per heavy atom. The van der Waals surface area contributed by atoms with Crippen LogP contribution in [0.1, 0.15) is 25.7 Å². The number of carboxylic acids is 1. The van der Waals surface area contributed by atoms with E-state index in [1.165, 1.54) is 0 Å². The highest BCUT2D eigenvalue weighted by Gasteiger charge is 2.59. The first-order valence-corrected chi connectivity index (χ1v) is 4.66. The molecule has 12 heavy (non-hydrogen) atoms. The molecule has 3 atom stereocenters. The van der Waals surface area contributed by atoms with Gasteiger partial charge in [-0.25, -0.2) is 0 Å². The van der Waals surface area contributed by atoms with Gasteiger partial charge < -0.3 is 10.8 Å². The van der Waals surface area contributed by atoms with Crippen molar-refractivity contribution in [2.24, 2.45) is 11.7 Å². The van der Waals surface area contributed by atoms with Crippen molar-refractivity contribution in [1.82, 2.24) is 0 Å². The minimum atomic E-state index is -1.01. The molecule has 2 aliphatic rings. The first-order chi connectivity index (χ1) is 5.46. The van der Waals surface area contributed by atoms with Crippen LogP contribution >= 0.6 is 12.6 Å². The summed E-state index contributed by atoms with van der Waals surface area (Å²) in [5.41, 5.74) is 4.75. The molecule has 0 aliphatic heterocycles. The Kier molecular flexibility index (Phi) is 1.52. The Morgan fingerprint density at radius 2 is 2.33 bits per heavy atom. The lowest BCUT2D eigenvalue weighted by Gasteiger charge is -2.32. The third-order valence-corrected chi connectivity index (χ3v) is 3.89. The van der Waals surface area contributed by atoms with Crippen molar-refractivity contribution >= 4 is 18.6 Å². The van der Waals surface area contributed by atoms with Gasteiger partial charge in [0.15, 0.2) is 0 Å². The van der Waals surface area contributed by atoms with Crippen LogP contribution in [-0.2, 0) is 4.79 Å². The largest absolute Gasteiger partial charge is 0.480 e. The molecular formula is C8H13NO2S. The molecule has 4 heteroatoms. The number of carbonyl (C=O) groups is 1. The summed E-state index contributed by atoms with van der Waals surface area (Å²) in [7, 11) is 0. The predicted molar refractivity (Wildman–Crippen MR) is 48.2 cm³/mol. The van der Waals surface area contributed by atoms with Gasteiger partial charge in [0.25, 0.3) is 0 Å². The second-order valence-electron chi connectivity index (χ2n) is 4.18. The number of fused-ring (bicyclic) bond motifs is 1. The van der Waals surface area contributed by atoms with Gasteiger partial charge >= 0.3 is 5.97 Å². The summed E-state index contributed by atoms with van der Waals surface area (Å²) in [6.45, 7) is 0. The van der Waals surface area contributed by atoms with Crippen molar-refractivity contribution in [3.05, 3.63) is 0 Å². The minimum absolute atomic E-state index is 0.0502. The topological polar surface area (TPSA) is 63.3 Å². The molecule has 0 bridgehead atoms. The summed E-state index contributed by atoms with van der Waals surface area (Å²) in [4.78, 5) is 10.8. The quantitative estimate of drug-likeness (QED) is 0.528. The fourth-order valence-electron chi connectivity index (χ4n) is 2.20. The van der Waals surface area contributed by atoms with Crippen LogP contribution in [0, 0.1) is 5.92 Å². The van der Waals surface area contributed by atoms with Gasteiger partial charge in [-0.1, -0.05) is 0 Å². The zero-order valence-electron chi connectivity index (χ0n) is 6.79. The van der Waals surface area contributed by atoms with Gasteiger partial charge in [-0.15, -0.1) is 0 Å². The number of hydrogen-bond donors (Lipinski definition) is 3. The van der Waals surface area contributed by atoms with Crippen molar-refractivity contribution in [1.29, 1.82) is 0 Å². The molecule has 3 nitrogen and oxygen atoms in total. The summed E-state index contributed by atoms with van der Waals surface area (Å²) < 4.78 is -0.0502. The molecular weight excluding hydrogens is 174 g/mol. The van der Waals surface area contributed by atoms with Crippen molar-refractivity contribution in [2.45, 2.75) is 36.0 Å². The summed E-state index contributed by atoms with van der Waals surface area (Å²) in [5, 5.41) is 8.89. The van der Waals surface area contributed by atoms with E-state index >= 15 is 0 Å². The molecule has 0 aromatic rings. The molecule has 2 fully saturated rings. The molecule has 68 valence electrons. The van der Waals surface area contributed by atoms with Crippen molar-refractivity contribution in [2.75, 3.05) is 0 Å². The lowest BCUT2D eigenvalue weighted by molar-refractivity contribution is -0.144. The van der Waals surface area contributed by atoms with Crippen LogP contribution in [-0.4, -0.2) is 21.4 Å². The Bertz CT molecular complexity index is 245. The van der Waals surface area contributed by atoms with Gasteiger partial charge in [0, 0.05) is 4.75 Å². The maximum atomic E-state index is 10.8. The van der Waals surface area contributed by atoms with Gasteiger partial charge in [-0.2, -0.15) is 12.6 Å². The molecule has 2 aliphatic carbocycles. The fraction of sp³-hybridized carbons (Fsp3) is 0.875. The van der Waals surface area contributed by atoms with Crippen LogP contribution in [0.3, 0.4) is 0 Å². The molecule has 0 saturated heterocycles. The lowest BCUT2D eigenvalue weighted by atomic mass is 9.82. The van der Waals surface area contributed by atoms with Gasteiger partial charge in [0.05, 0.1) is 0 Å². The molecule has 0 radical (unpaired) electrons. The second kappa shape index (κ2) is 2.17. The third kappa shape index (κ3) is 1.05.